The number of hydrogen-bond acceptors (Lipinski definition) is 3. The van der Waals surface area contributed by atoms with E-state index in [0.717, 1.165) is 18.2 Å². The van der Waals surface area contributed by atoms with Crippen molar-refractivity contribution in [2.75, 3.05) is 0 Å². The molecule has 0 amide bonds. The summed E-state index contributed by atoms with van der Waals surface area (Å²) in [6.45, 7) is 5.23. The number of imidazole rings is 1. The highest BCUT2D eigenvalue weighted by Gasteiger charge is 2.12. The minimum atomic E-state index is -3.35. The van der Waals surface area contributed by atoms with E-state index in [1.807, 2.05) is 6.92 Å². The molecule has 0 bridgehead atoms. The first-order valence-corrected chi connectivity index (χ1v) is 5.56. The first-order valence-electron chi connectivity index (χ1n) is 4.01. The molecular formula is C8H12N2O2S. The molecule has 0 unspecified atom stereocenters. The van der Waals surface area contributed by atoms with Gasteiger partial charge in [-0.1, -0.05) is 13.5 Å². The van der Waals surface area contributed by atoms with Gasteiger partial charge in [0.2, 0.25) is 9.84 Å². The zero-order chi connectivity index (χ0) is 9.90. The first kappa shape index (κ1) is 9.98. The Kier molecular flexibility index (Phi) is 2.87. The summed E-state index contributed by atoms with van der Waals surface area (Å²) < 4.78 is 22.5. The summed E-state index contributed by atoms with van der Waals surface area (Å²) in [7, 11) is -3.35. The summed E-state index contributed by atoms with van der Waals surface area (Å²) in [4.78, 5) is 6.67. The third kappa shape index (κ3) is 2.18. The highest BCUT2D eigenvalue weighted by Crippen LogP contribution is 2.09. The van der Waals surface area contributed by atoms with Gasteiger partial charge in [0.05, 0.1) is 6.20 Å². The minimum Gasteiger partial charge on any atom is -0.333 e. The molecule has 0 fully saturated rings. The summed E-state index contributed by atoms with van der Waals surface area (Å²) >= 11 is 0. The Morgan fingerprint density at radius 3 is 2.92 bits per heavy atom. The van der Waals surface area contributed by atoms with Crippen molar-refractivity contribution < 1.29 is 8.42 Å². The van der Waals surface area contributed by atoms with Gasteiger partial charge < -0.3 is 4.98 Å². The Labute approximate surface area is 77.6 Å². The second-order valence-corrected chi connectivity index (χ2v) is 4.52. The van der Waals surface area contributed by atoms with E-state index in [-0.39, 0.29) is 5.03 Å². The largest absolute Gasteiger partial charge is 0.333 e. The Hall–Kier alpha value is -1.10. The Morgan fingerprint density at radius 2 is 2.38 bits per heavy atom. The van der Waals surface area contributed by atoms with Gasteiger partial charge in [0.25, 0.3) is 0 Å². The highest BCUT2D eigenvalue weighted by molar-refractivity contribution is 7.94. The normalized spacial score (nSPS) is 11.5. The van der Waals surface area contributed by atoms with Gasteiger partial charge in [0, 0.05) is 11.8 Å². The molecule has 4 nitrogen and oxygen atoms in total. The van der Waals surface area contributed by atoms with Crippen LogP contribution in [0.3, 0.4) is 0 Å². The van der Waals surface area contributed by atoms with Crippen molar-refractivity contribution in [1.82, 2.24) is 9.97 Å². The number of sulfone groups is 1. The average Bonchev–Trinajstić information content (AvgIpc) is 2.54. The number of aromatic nitrogens is 2. The quantitative estimate of drug-likeness (QED) is 0.796. The molecule has 1 rings (SSSR count). The smallest absolute Gasteiger partial charge is 0.216 e. The van der Waals surface area contributed by atoms with Crippen molar-refractivity contribution in [2.45, 2.75) is 24.8 Å². The fourth-order valence-corrected chi connectivity index (χ4v) is 1.58. The lowest BCUT2D eigenvalue weighted by atomic mass is 10.3. The third-order valence-corrected chi connectivity index (χ3v) is 2.88. The molecule has 72 valence electrons. The number of rotatable bonds is 4. The molecule has 0 aliphatic rings. The molecule has 0 aromatic carbocycles. The van der Waals surface area contributed by atoms with Crippen molar-refractivity contribution >= 4 is 9.84 Å². The summed E-state index contributed by atoms with van der Waals surface area (Å²) in [5.74, 6) is 0.697. The van der Waals surface area contributed by atoms with E-state index in [1.165, 1.54) is 6.20 Å². The summed E-state index contributed by atoms with van der Waals surface area (Å²) in [5.41, 5.74) is 0. The number of aryl methyl sites for hydroxylation is 1. The minimum absolute atomic E-state index is 0.117. The Bertz CT molecular complexity index is 392. The molecule has 0 aliphatic carbocycles. The van der Waals surface area contributed by atoms with Crippen LogP contribution in [-0.4, -0.2) is 18.4 Å². The van der Waals surface area contributed by atoms with Crippen LogP contribution in [0.1, 0.15) is 19.2 Å². The van der Waals surface area contributed by atoms with E-state index in [4.69, 9.17) is 0 Å². The molecule has 0 saturated heterocycles. The number of nitrogens with one attached hydrogen (secondary N) is 1. The second-order valence-electron chi connectivity index (χ2n) is 2.66. The van der Waals surface area contributed by atoms with E-state index in [0.29, 0.717) is 5.82 Å². The van der Waals surface area contributed by atoms with Gasteiger partial charge in [-0.3, -0.25) is 0 Å². The molecule has 0 saturated carbocycles. The van der Waals surface area contributed by atoms with Crippen LogP contribution in [0.4, 0.5) is 0 Å². The van der Waals surface area contributed by atoms with Crippen LogP contribution in [0, 0.1) is 0 Å². The lowest BCUT2D eigenvalue weighted by Crippen LogP contribution is -1.96. The predicted molar refractivity (Wildman–Crippen MR) is 50.0 cm³/mol. The van der Waals surface area contributed by atoms with Crippen molar-refractivity contribution in [3.63, 3.8) is 0 Å². The van der Waals surface area contributed by atoms with Gasteiger partial charge in [-0.25, -0.2) is 13.4 Å². The molecule has 5 heteroatoms. The van der Waals surface area contributed by atoms with Crippen LogP contribution in [0.15, 0.2) is 23.2 Å². The monoisotopic (exact) mass is 200 g/mol. The topological polar surface area (TPSA) is 62.8 Å². The Balaban J connectivity index is 2.98. The molecule has 13 heavy (non-hydrogen) atoms. The lowest BCUT2D eigenvalue weighted by Gasteiger charge is -1.92. The lowest BCUT2D eigenvalue weighted by molar-refractivity contribution is 0.601. The van der Waals surface area contributed by atoms with Crippen molar-refractivity contribution in [2.24, 2.45) is 0 Å². The van der Waals surface area contributed by atoms with E-state index < -0.39 is 9.84 Å². The molecule has 1 aromatic heterocycles. The van der Waals surface area contributed by atoms with Crippen LogP contribution in [0.25, 0.3) is 0 Å². The summed E-state index contributed by atoms with van der Waals surface area (Å²) in [6, 6.07) is 0. The summed E-state index contributed by atoms with van der Waals surface area (Å²) in [6.07, 6.45) is 3.01. The fraction of sp³-hybridized carbons (Fsp3) is 0.375. The zero-order valence-electron chi connectivity index (χ0n) is 7.45. The SMILES string of the molecule is C=CS(=O)(=O)c1cnc(CCC)[nH]1. The van der Waals surface area contributed by atoms with Crippen LogP contribution in [-0.2, 0) is 16.3 Å². The molecular weight excluding hydrogens is 188 g/mol. The molecule has 0 atom stereocenters. The molecule has 0 aliphatic heterocycles. The second kappa shape index (κ2) is 3.74. The van der Waals surface area contributed by atoms with Crippen LogP contribution in [0.5, 0.6) is 0 Å². The standard InChI is InChI=1S/C8H12N2O2S/c1-3-5-7-9-6-8(10-7)13(11,12)4-2/h4,6H,2-3,5H2,1H3,(H,9,10). The number of H-pyrrole nitrogens is 1. The van der Waals surface area contributed by atoms with Crippen LogP contribution in [0.2, 0.25) is 0 Å². The van der Waals surface area contributed by atoms with Gasteiger partial charge in [0.15, 0.2) is 5.03 Å². The molecule has 0 spiro atoms. The number of aromatic amines is 1. The van der Waals surface area contributed by atoms with E-state index in [2.05, 4.69) is 16.5 Å². The van der Waals surface area contributed by atoms with Gasteiger partial charge in [0.1, 0.15) is 5.82 Å². The molecule has 1 N–H and O–H groups in total. The maximum Gasteiger partial charge on any atom is 0.216 e. The first-order chi connectivity index (χ1) is 6.10. The average molecular weight is 200 g/mol. The van der Waals surface area contributed by atoms with E-state index in [9.17, 15) is 8.42 Å². The maximum atomic E-state index is 11.2. The predicted octanol–water partition coefficient (Wildman–Crippen LogP) is 1.28. The third-order valence-electron chi connectivity index (χ3n) is 1.62. The van der Waals surface area contributed by atoms with E-state index in [1.54, 1.807) is 0 Å². The van der Waals surface area contributed by atoms with E-state index >= 15 is 0 Å². The van der Waals surface area contributed by atoms with Gasteiger partial charge in [-0.05, 0) is 6.42 Å². The number of hydrogen-bond donors (Lipinski definition) is 1. The zero-order valence-corrected chi connectivity index (χ0v) is 8.26. The van der Waals surface area contributed by atoms with Gasteiger partial charge >= 0.3 is 0 Å². The van der Waals surface area contributed by atoms with Crippen molar-refractivity contribution in [1.29, 1.82) is 0 Å². The van der Waals surface area contributed by atoms with Crippen molar-refractivity contribution in [3.8, 4) is 0 Å². The highest BCUT2D eigenvalue weighted by atomic mass is 32.2. The fourth-order valence-electron chi connectivity index (χ4n) is 0.942. The van der Waals surface area contributed by atoms with Gasteiger partial charge in [-0.2, -0.15) is 0 Å². The summed E-state index contributed by atoms with van der Waals surface area (Å²) in [5, 5.41) is 1.03. The van der Waals surface area contributed by atoms with Crippen molar-refractivity contribution in [3.05, 3.63) is 24.0 Å². The van der Waals surface area contributed by atoms with Crippen LogP contribution < -0.4 is 0 Å². The number of nitrogens with zero attached hydrogens (tertiary/aromatic N) is 1. The van der Waals surface area contributed by atoms with Gasteiger partial charge in [-0.15, -0.1) is 0 Å². The molecule has 1 heterocycles. The Morgan fingerprint density at radius 1 is 1.69 bits per heavy atom. The molecule has 1 aromatic rings. The molecule has 0 radical (unpaired) electrons. The van der Waals surface area contributed by atoms with Crippen LogP contribution >= 0.6 is 0 Å². The maximum absolute atomic E-state index is 11.2.